The molecule has 1 aromatic carbocycles. The fraction of sp³-hybridized carbons (Fsp3) is 0.304. The first kappa shape index (κ1) is 19.7. The number of ether oxygens (including phenoxy) is 1. The Morgan fingerprint density at radius 1 is 1.16 bits per heavy atom. The molecule has 0 aliphatic carbocycles. The number of pyridine rings is 1. The monoisotopic (exact) mass is 433 g/mol. The van der Waals surface area contributed by atoms with Gasteiger partial charge in [-0.3, -0.25) is 9.20 Å². The van der Waals surface area contributed by atoms with E-state index in [0.717, 1.165) is 40.8 Å². The lowest BCUT2D eigenvalue weighted by Crippen LogP contribution is -2.31. The Kier molecular flexibility index (Phi) is 5.15. The van der Waals surface area contributed by atoms with Gasteiger partial charge in [0.05, 0.1) is 11.7 Å². The number of nitrogens with zero attached hydrogens (tertiary/aromatic N) is 5. The van der Waals surface area contributed by atoms with Crippen LogP contribution in [0.4, 0.5) is 0 Å². The van der Waals surface area contributed by atoms with Crippen LogP contribution in [0, 0.1) is 13.8 Å². The second-order valence-electron chi connectivity index (χ2n) is 7.77. The molecule has 1 amide bonds. The highest BCUT2D eigenvalue weighted by molar-refractivity contribution is 7.13. The standard InChI is InChI=1S/C23H23N5O2S/c1-15-8-10-17(11-9-15)30-14-20-24-16(2)21(31-20)23(29)27-13-5-6-18(27)22-26-25-19-7-3-4-12-28(19)22/h3-4,7-12,18H,5-6,13-14H2,1-2H3/t18-/m0/s1. The number of aryl methyl sites for hydroxylation is 2. The summed E-state index contributed by atoms with van der Waals surface area (Å²) in [7, 11) is 0. The van der Waals surface area contributed by atoms with Crippen molar-refractivity contribution in [2.24, 2.45) is 0 Å². The van der Waals surface area contributed by atoms with E-state index in [1.54, 1.807) is 0 Å². The molecule has 7 nitrogen and oxygen atoms in total. The summed E-state index contributed by atoms with van der Waals surface area (Å²) < 4.78 is 7.82. The molecule has 0 unspecified atom stereocenters. The summed E-state index contributed by atoms with van der Waals surface area (Å²) in [5.74, 6) is 1.61. The van der Waals surface area contributed by atoms with Crippen LogP contribution in [0.25, 0.3) is 5.65 Å². The second-order valence-corrected chi connectivity index (χ2v) is 8.85. The van der Waals surface area contributed by atoms with E-state index in [4.69, 9.17) is 4.74 Å². The molecule has 8 heteroatoms. The molecule has 1 saturated heterocycles. The van der Waals surface area contributed by atoms with Crippen molar-refractivity contribution in [2.75, 3.05) is 6.54 Å². The molecule has 1 aliphatic heterocycles. The van der Waals surface area contributed by atoms with Gasteiger partial charge >= 0.3 is 0 Å². The van der Waals surface area contributed by atoms with Crippen LogP contribution in [-0.4, -0.2) is 36.9 Å². The fourth-order valence-corrected chi connectivity index (χ4v) is 4.92. The molecule has 4 heterocycles. The maximum absolute atomic E-state index is 13.4. The van der Waals surface area contributed by atoms with Gasteiger partial charge in [-0.1, -0.05) is 23.8 Å². The number of carbonyl (C=O) groups is 1. The fourth-order valence-electron chi connectivity index (χ4n) is 3.99. The van der Waals surface area contributed by atoms with Crippen molar-refractivity contribution < 1.29 is 9.53 Å². The minimum absolute atomic E-state index is 0.00627. The molecule has 3 aromatic heterocycles. The molecule has 0 saturated carbocycles. The van der Waals surface area contributed by atoms with Crippen molar-refractivity contribution in [1.29, 1.82) is 0 Å². The molecule has 0 N–H and O–H groups in total. The van der Waals surface area contributed by atoms with E-state index in [-0.39, 0.29) is 11.9 Å². The van der Waals surface area contributed by atoms with Crippen molar-refractivity contribution in [3.05, 3.63) is 75.6 Å². The molecule has 0 radical (unpaired) electrons. The first-order chi connectivity index (χ1) is 15.1. The van der Waals surface area contributed by atoms with E-state index in [0.29, 0.717) is 18.0 Å². The summed E-state index contributed by atoms with van der Waals surface area (Å²) in [6, 6.07) is 13.6. The Bertz CT molecular complexity index is 1230. The van der Waals surface area contributed by atoms with Gasteiger partial charge in [-0.2, -0.15) is 0 Å². The maximum atomic E-state index is 13.4. The summed E-state index contributed by atoms with van der Waals surface area (Å²) in [5.41, 5.74) is 2.72. The second kappa shape index (κ2) is 8.11. The number of carbonyl (C=O) groups excluding carboxylic acids is 1. The van der Waals surface area contributed by atoms with Gasteiger partial charge < -0.3 is 9.64 Å². The Morgan fingerprint density at radius 2 is 2.00 bits per heavy atom. The van der Waals surface area contributed by atoms with Crippen molar-refractivity contribution >= 4 is 22.9 Å². The third kappa shape index (κ3) is 3.79. The lowest BCUT2D eigenvalue weighted by molar-refractivity contribution is 0.0733. The Morgan fingerprint density at radius 3 is 2.84 bits per heavy atom. The topological polar surface area (TPSA) is 72.6 Å². The van der Waals surface area contributed by atoms with Crippen LogP contribution >= 0.6 is 11.3 Å². The number of rotatable bonds is 5. The molecular weight excluding hydrogens is 410 g/mol. The highest BCUT2D eigenvalue weighted by Gasteiger charge is 2.35. The first-order valence-corrected chi connectivity index (χ1v) is 11.2. The van der Waals surface area contributed by atoms with Gasteiger partial charge in [0.15, 0.2) is 11.5 Å². The highest BCUT2D eigenvalue weighted by Crippen LogP contribution is 2.34. The molecule has 1 atom stereocenters. The van der Waals surface area contributed by atoms with Crippen molar-refractivity contribution in [3.63, 3.8) is 0 Å². The largest absolute Gasteiger partial charge is 0.486 e. The van der Waals surface area contributed by atoms with Crippen molar-refractivity contribution in [2.45, 2.75) is 39.3 Å². The number of aromatic nitrogens is 4. The normalized spacial score (nSPS) is 16.2. The molecule has 158 valence electrons. The van der Waals surface area contributed by atoms with Gasteiger partial charge in [0.2, 0.25) is 0 Å². The van der Waals surface area contributed by atoms with E-state index in [1.807, 2.05) is 71.8 Å². The summed E-state index contributed by atoms with van der Waals surface area (Å²) in [4.78, 5) is 20.6. The van der Waals surface area contributed by atoms with Crippen LogP contribution in [-0.2, 0) is 6.61 Å². The van der Waals surface area contributed by atoms with Crippen LogP contribution in [0.2, 0.25) is 0 Å². The summed E-state index contributed by atoms with van der Waals surface area (Å²) in [6.45, 7) is 4.98. The zero-order chi connectivity index (χ0) is 21.4. The van der Waals surface area contributed by atoms with Gasteiger partial charge in [0, 0.05) is 12.7 Å². The van der Waals surface area contributed by atoms with Crippen molar-refractivity contribution in [1.82, 2.24) is 24.5 Å². The molecule has 5 rings (SSSR count). The predicted octanol–water partition coefficient (Wildman–Crippen LogP) is 4.36. The molecule has 1 fully saturated rings. The summed E-state index contributed by atoms with van der Waals surface area (Å²) >= 11 is 1.41. The summed E-state index contributed by atoms with van der Waals surface area (Å²) in [5, 5.41) is 9.44. The Labute approximate surface area is 184 Å². The lowest BCUT2D eigenvalue weighted by atomic mass is 10.2. The number of benzene rings is 1. The van der Waals surface area contributed by atoms with E-state index in [2.05, 4.69) is 15.2 Å². The smallest absolute Gasteiger partial charge is 0.266 e. The van der Waals surface area contributed by atoms with Crippen LogP contribution in [0.3, 0.4) is 0 Å². The Hall–Kier alpha value is -3.26. The third-order valence-corrected chi connectivity index (χ3v) is 6.69. The highest BCUT2D eigenvalue weighted by atomic mass is 32.1. The van der Waals surface area contributed by atoms with Gasteiger partial charge in [-0.05, 0) is 51.0 Å². The van der Waals surface area contributed by atoms with Crippen molar-refractivity contribution in [3.8, 4) is 5.75 Å². The minimum atomic E-state index is -0.0846. The molecule has 31 heavy (non-hydrogen) atoms. The third-order valence-electron chi connectivity index (χ3n) is 5.57. The van der Waals surface area contributed by atoms with Gasteiger partial charge in [0.25, 0.3) is 5.91 Å². The average molecular weight is 434 g/mol. The van der Waals surface area contributed by atoms with Gasteiger partial charge in [-0.15, -0.1) is 21.5 Å². The summed E-state index contributed by atoms with van der Waals surface area (Å²) in [6.07, 6.45) is 3.77. The zero-order valence-corrected chi connectivity index (χ0v) is 18.3. The van der Waals surface area contributed by atoms with E-state index >= 15 is 0 Å². The zero-order valence-electron chi connectivity index (χ0n) is 17.5. The maximum Gasteiger partial charge on any atom is 0.266 e. The van der Waals surface area contributed by atoms with E-state index in [9.17, 15) is 4.79 Å². The van der Waals surface area contributed by atoms with E-state index in [1.165, 1.54) is 16.9 Å². The average Bonchev–Trinajstić information content (AvgIpc) is 3.50. The predicted molar refractivity (Wildman–Crippen MR) is 118 cm³/mol. The van der Waals surface area contributed by atoms with Crippen LogP contribution < -0.4 is 4.74 Å². The minimum Gasteiger partial charge on any atom is -0.486 e. The van der Waals surface area contributed by atoms with Crippen LogP contribution in [0.5, 0.6) is 5.75 Å². The molecular formula is C23H23N5O2S. The molecule has 1 aliphatic rings. The number of amides is 1. The number of fused-ring (bicyclic) bond motifs is 1. The molecule has 0 bridgehead atoms. The number of hydrogen-bond acceptors (Lipinski definition) is 6. The number of hydrogen-bond donors (Lipinski definition) is 0. The van der Waals surface area contributed by atoms with Gasteiger partial charge in [0.1, 0.15) is 22.2 Å². The number of likely N-dealkylation sites (tertiary alicyclic amines) is 1. The lowest BCUT2D eigenvalue weighted by Gasteiger charge is -2.23. The Balaban J connectivity index is 1.35. The van der Waals surface area contributed by atoms with Crippen LogP contribution in [0.15, 0.2) is 48.7 Å². The molecule has 0 spiro atoms. The van der Waals surface area contributed by atoms with Gasteiger partial charge in [-0.25, -0.2) is 4.98 Å². The van der Waals surface area contributed by atoms with Crippen LogP contribution in [0.1, 0.15) is 50.6 Å². The van der Waals surface area contributed by atoms with E-state index < -0.39 is 0 Å². The SMILES string of the molecule is Cc1ccc(OCc2nc(C)c(C(=O)N3CCC[C@H]3c3nnc4ccccn34)s2)cc1. The first-order valence-electron chi connectivity index (χ1n) is 10.4. The quantitative estimate of drug-likeness (QED) is 0.468. The molecule has 4 aromatic rings. The number of thiazole rings is 1.